The normalized spacial score (nSPS) is 11.8. The number of oxazole rings is 1. The third-order valence-corrected chi connectivity index (χ3v) is 3.03. The van der Waals surface area contributed by atoms with E-state index in [0.29, 0.717) is 22.9 Å². The Kier molecular flexibility index (Phi) is 3.01. The van der Waals surface area contributed by atoms with Crippen molar-refractivity contribution >= 4 is 22.7 Å². The summed E-state index contributed by atoms with van der Waals surface area (Å²) in [6, 6.07) is 7.00. The van der Waals surface area contributed by atoms with Gasteiger partial charge in [0.25, 0.3) is 5.91 Å². The van der Waals surface area contributed by atoms with Crippen LogP contribution in [0.5, 0.6) is 0 Å². The molecule has 2 N–H and O–H groups in total. The number of amides is 1. The maximum absolute atomic E-state index is 11.9. The summed E-state index contributed by atoms with van der Waals surface area (Å²) in [5, 5.41) is 9.17. The first-order chi connectivity index (χ1) is 9.93. The van der Waals surface area contributed by atoms with Crippen LogP contribution in [0.3, 0.4) is 0 Å². The van der Waals surface area contributed by atoms with Gasteiger partial charge in [0.2, 0.25) is 5.89 Å². The van der Waals surface area contributed by atoms with Crippen LogP contribution in [-0.4, -0.2) is 21.1 Å². The molecule has 6 nitrogen and oxygen atoms in total. The lowest BCUT2D eigenvalue weighted by atomic mass is 9.97. The Hall–Kier alpha value is -2.63. The number of rotatable bonds is 2. The van der Waals surface area contributed by atoms with Crippen LogP contribution in [0, 0.1) is 0 Å². The van der Waals surface area contributed by atoms with Crippen molar-refractivity contribution in [2.24, 2.45) is 0 Å². The number of nitrogens with zero attached hydrogens (tertiary/aromatic N) is 2. The molecule has 0 aliphatic carbocycles. The van der Waals surface area contributed by atoms with Crippen molar-refractivity contribution in [3.8, 4) is 0 Å². The summed E-state index contributed by atoms with van der Waals surface area (Å²) in [6.07, 6.45) is 1.53. The number of aromatic nitrogens is 3. The van der Waals surface area contributed by atoms with Crippen LogP contribution in [0.2, 0.25) is 0 Å². The Morgan fingerprint density at radius 1 is 1.29 bits per heavy atom. The molecule has 0 unspecified atom stereocenters. The first kappa shape index (κ1) is 13.4. The largest absolute Gasteiger partial charge is 0.440 e. The number of H-pyrrole nitrogens is 1. The Balaban J connectivity index is 1.89. The molecule has 0 saturated carbocycles. The molecule has 0 radical (unpaired) electrons. The Labute approximate surface area is 121 Å². The standard InChI is InChI=1S/C15H16N4O2/c1-15(2,3)14-18-11-8-9(4-5-12(11)21-14)17-13(20)10-6-7-16-19-10/h4-8H,1-3H3,(H,16,19)(H,17,20). The molecule has 1 aromatic carbocycles. The van der Waals surface area contributed by atoms with E-state index in [1.165, 1.54) is 6.20 Å². The number of aromatic amines is 1. The fourth-order valence-electron chi connectivity index (χ4n) is 1.91. The van der Waals surface area contributed by atoms with Gasteiger partial charge >= 0.3 is 0 Å². The average molecular weight is 284 g/mol. The molecule has 1 amide bonds. The lowest BCUT2D eigenvalue weighted by Gasteiger charge is -2.11. The van der Waals surface area contributed by atoms with Gasteiger partial charge in [0.05, 0.1) is 0 Å². The zero-order valence-corrected chi connectivity index (χ0v) is 12.1. The van der Waals surface area contributed by atoms with Crippen LogP contribution < -0.4 is 5.32 Å². The summed E-state index contributed by atoms with van der Waals surface area (Å²) in [6.45, 7) is 6.12. The van der Waals surface area contributed by atoms with Gasteiger partial charge in [-0.25, -0.2) is 4.98 Å². The lowest BCUT2D eigenvalue weighted by Crippen LogP contribution is -2.12. The van der Waals surface area contributed by atoms with E-state index >= 15 is 0 Å². The van der Waals surface area contributed by atoms with Gasteiger partial charge in [-0.3, -0.25) is 9.89 Å². The zero-order valence-electron chi connectivity index (χ0n) is 12.1. The summed E-state index contributed by atoms with van der Waals surface area (Å²) in [4.78, 5) is 16.4. The number of hydrogen-bond acceptors (Lipinski definition) is 4. The minimum absolute atomic E-state index is 0.154. The Bertz CT molecular complexity index is 782. The number of fused-ring (bicyclic) bond motifs is 1. The highest BCUT2D eigenvalue weighted by Crippen LogP contribution is 2.27. The molecule has 0 saturated heterocycles. The predicted molar refractivity (Wildman–Crippen MR) is 79.2 cm³/mol. The summed E-state index contributed by atoms with van der Waals surface area (Å²) in [5.74, 6) is 0.431. The highest BCUT2D eigenvalue weighted by molar-refractivity contribution is 6.03. The monoisotopic (exact) mass is 284 g/mol. The van der Waals surface area contributed by atoms with Crippen LogP contribution in [0.15, 0.2) is 34.9 Å². The van der Waals surface area contributed by atoms with Gasteiger partial charge < -0.3 is 9.73 Å². The summed E-state index contributed by atoms with van der Waals surface area (Å²) >= 11 is 0. The minimum Gasteiger partial charge on any atom is -0.440 e. The first-order valence-electron chi connectivity index (χ1n) is 6.65. The average Bonchev–Trinajstić information content (AvgIpc) is 3.06. The predicted octanol–water partition coefficient (Wildman–Crippen LogP) is 3.10. The molecule has 0 spiro atoms. The van der Waals surface area contributed by atoms with E-state index in [1.54, 1.807) is 24.3 Å². The van der Waals surface area contributed by atoms with E-state index in [-0.39, 0.29) is 11.3 Å². The van der Waals surface area contributed by atoms with Gasteiger partial charge in [-0.2, -0.15) is 5.10 Å². The van der Waals surface area contributed by atoms with Crippen LogP contribution >= 0.6 is 0 Å². The fraction of sp³-hybridized carbons (Fsp3) is 0.267. The summed E-state index contributed by atoms with van der Waals surface area (Å²) in [5.41, 5.74) is 2.35. The van der Waals surface area contributed by atoms with Crippen molar-refractivity contribution in [2.45, 2.75) is 26.2 Å². The third-order valence-electron chi connectivity index (χ3n) is 3.03. The smallest absolute Gasteiger partial charge is 0.273 e. The number of hydrogen-bond donors (Lipinski definition) is 2. The van der Waals surface area contributed by atoms with Gasteiger partial charge in [0, 0.05) is 17.3 Å². The molecule has 108 valence electrons. The van der Waals surface area contributed by atoms with Gasteiger partial charge in [0.1, 0.15) is 11.2 Å². The second-order valence-corrected chi connectivity index (χ2v) is 5.88. The van der Waals surface area contributed by atoms with Gasteiger partial charge in [-0.05, 0) is 24.3 Å². The molecule has 3 aromatic rings. The topological polar surface area (TPSA) is 83.8 Å². The van der Waals surface area contributed by atoms with Crippen molar-refractivity contribution in [3.63, 3.8) is 0 Å². The molecule has 3 rings (SSSR count). The SMILES string of the molecule is CC(C)(C)c1nc2cc(NC(=O)c3ccn[nH]3)ccc2o1. The van der Waals surface area contributed by atoms with Gasteiger partial charge in [0.15, 0.2) is 5.58 Å². The van der Waals surface area contributed by atoms with E-state index in [2.05, 4.69) is 20.5 Å². The highest BCUT2D eigenvalue weighted by atomic mass is 16.3. The molecular formula is C15H16N4O2. The quantitative estimate of drug-likeness (QED) is 0.757. The molecule has 21 heavy (non-hydrogen) atoms. The summed E-state index contributed by atoms with van der Waals surface area (Å²) < 4.78 is 5.72. The third kappa shape index (κ3) is 2.65. The van der Waals surface area contributed by atoms with Crippen LogP contribution in [0.25, 0.3) is 11.1 Å². The lowest BCUT2D eigenvalue weighted by molar-refractivity contribution is 0.102. The number of carbonyl (C=O) groups excluding carboxylic acids is 1. The molecule has 0 fully saturated rings. The maximum Gasteiger partial charge on any atom is 0.273 e. The van der Waals surface area contributed by atoms with Gasteiger partial charge in [-0.1, -0.05) is 20.8 Å². The molecule has 2 aromatic heterocycles. The van der Waals surface area contributed by atoms with Crippen LogP contribution in [-0.2, 0) is 5.41 Å². The molecule has 0 atom stereocenters. The van der Waals surface area contributed by atoms with Crippen molar-refractivity contribution in [3.05, 3.63) is 42.0 Å². The number of anilines is 1. The van der Waals surface area contributed by atoms with E-state index in [4.69, 9.17) is 4.42 Å². The van der Waals surface area contributed by atoms with Crippen molar-refractivity contribution < 1.29 is 9.21 Å². The molecule has 0 aliphatic rings. The molecule has 0 aliphatic heterocycles. The van der Waals surface area contributed by atoms with Crippen molar-refractivity contribution in [1.29, 1.82) is 0 Å². The maximum atomic E-state index is 11.9. The summed E-state index contributed by atoms with van der Waals surface area (Å²) in [7, 11) is 0. The van der Waals surface area contributed by atoms with Gasteiger partial charge in [-0.15, -0.1) is 0 Å². The molecular weight excluding hydrogens is 268 g/mol. The number of nitrogens with one attached hydrogen (secondary N) is 2. The zero-order chi connectivity index (χ0) is 15.0. The van der Waals surface area contributed by atoms with E-state index in [9.17, 15) is 4.79 Å². The molecule has 2 heterocycles. The van der Waals surface area contributed by atoms with E-state index < -0.39 is 0 Å². The fourth-order valence-corrected chi connectivity index (χ4v) is 1.91. The van der Waals surface area contributed by atoms with Crippen LogP contribution in [0.1, 0.15) is 37.2 Å². The Morgan fingerprint density at radius 2 is 2.10 bits per heavy atom. The highest BCUT2D eigenvalue weighted by Gasteiger charge is 2.21. The van der Waals surface area contributed by atoms with E-state index in [1.807, 2.05) is 20.8 Å². The second kappa shape index (κ2) is 4.73. The van der Waals surface area contributed by atoms with Crippen molar-refractivity contribution in [1.82, 2.24) is 15.2 Å². The van der Waals surface area contributed by atoms with Crippen LogP contribution in [0.4, 0.5) is 5.69 Å². The minimum atomic E-state index is -0.244. The molecule has 0 bridgehead atoms. The second-order valence-electron chi connectivity index (χ2n) is 5.88. The van der Waals surface area contributed by atoms with Crippen molar-refractivity contribution in [2.75, 3.05) is 5.32 Å². The molecule has 6 heteroatoms. The number of carbonyl (C=O) groups is 1. The van der Waals surface area contributed by atoms with E-state index in [0.717, 1.165) is 5.52 Å². The Morgan fingerprint density at radius 3 is 2.76 bits per heavy atom. The number of benzene rings is 1. The first-order valence-corrected chi connectivity index (χ1v) is 6.65.